The molecule has 0 aliphatic heterocycles. The number of carbonyl (C=O) groups is 3. The third-order valence-corrected chi connectivity index (χ3v) is 6.30. The number of hydrogen-bond acceptors (Lipinski definition) is 4. The Hall–Kier alpha value is -3.35. The SMILES string of the molecule is CCC[C@@H](NC(=O)[C@@H](NC(=O)OCC1c2ccccc2-c2ccccc21)[C@@H](C)CC)C(=O)O. The van der Waals surface area contributed by atoms with Crippen LogP contribution in [0.3, 0.4) is 0 Å². The molecule has 0 saturated heterocycles. The molecule has 33 heavy (non-hydrogen) atoms. The van der Waals surface area contributed by atoms with Crippen LogP contribution in [0.15, 0.2) is 48.5 Å². The van der Waals surface area contributed by atoms with Crippen molar-refractivity contribution in [1.29, 1.82) is 0 Å². The van der Waals surface area contributed by atoms with Crippen molar-refractivity contribution in [2.45, 2.75) is 58.0 Å². The molecule has 3 rings (SSSR count). The molecule has 1 aliphatic rings. The number of aliphatic carboxylic acids is 1. The van der Waals surface area contributed by atoms with E-state index in [1.807, 2.05) is 57.2 Å². The third kappa shape index (κ3) is 5.53. The van der Waals surface area contributed by atoms with E-state index in [0.29, 0.717) is 19.3 Å². The van der Waals surface area contributed by atoms with Gasteiger partial charge in [-0.25, -0.2) is 9.59 Å². The largest absolute Gasteiger partial charge is 0.480 e. The van der Waals surface area contributed by atoms with Gasteiger partial charge in [-0.1, -0.05) is 82.1 Å². The van der Waals surface area contributed by atoms with Gasteiger partial charge in [0.1, 0.15) is 18.7 Å². The number of carboxylic acid groups (broad SMARTS) is 1. The summed E-state index contributed by atoms with van der Waals surface area (Å²) in [7, 11) is 0. The first kappa shape index (κ1) is 24.3. The van der Waals surface area contributed by atoms with Crippen LogP contribution in [-0.4, -0.2) is 41.8 Å². The highest BCUT2D eigenvalue weighted by atomic mass is 16.5. The minimum Gasteiger partial charge on any atom is -0.480 e. The van der Waals surface area contributed by atoms with Crippen molar-refractivity contribution in [1.82, 2.24) is 10.6 Å². The van der Waals surface area contributed by atoms with Crippen LogP contribution in [0.5, 0.6) is 0 Å². The Morgan fingerprint density at radius 2 is 1.55 bits per heavy atom. The second-order valence-corrected chi connectivity index (χ2v) is 8.52. The highest BCUT2D eigenvalue weighted by Gasteiger charge is 2.32. The number of amides is 2. The van der Waals surface area contributed by atoms with Crippen molar-refractivity contribution < 1.29 is 24.2 Å². The van der Waals surface area contributed by atoms with Gasteiger partial charge in [0, 0.05) is 5.92 Å². The molecule has 0 radical (unpaired) electrons. The van der Waals surface area contributed by atoms with E-state index < -0.39 is 30.1 Å². The van der Waals surface area contributed by atoms with Crippen molar-refractivity contribution in [3.05, 3.63) is 59.7 Å². The van der Waals surface area contributed by atoms with Gasteiger partial charge < -0.3 is 20.5 Å². The monoisotopic (exact) mass is 452 g/mol. The number of fused-ring (bicyclic) bond motifs is 3. The van der Waals surface area contributed by atoms with Gasteiger partial charge in [-0.05, 0) is 34.6 Å². The van der Waals surface area contributed by atoms with E-state index >= 15 is 0 Å². The average molecular weight is 453 g/mol. The van der Waals surface area contributed by atoms with Crippen molar-refractivity contribution in [2.24, 2.45) is 5.92 Å². The second kappa shape index (κ2) is 11.0. The van der Waals surface area contributed by atoms with Gasteiger partial charge in [0.2, 0.25) is 5.91 Å². The summed E-state index contributed by atoms with van der Waals surface area (Å²) in [6.45, 7) is 5.74. The third-order valence-electron chi connectivity index (χ3n) is 6.30. The number of hydrogen-bond donors (Lipinski definition) is 3. The van der Waals surface area contributed by atoms with Gasteiger partial charge in [-0.3, -0.25) is 4.79 Å². The molecule has 3 N–H and O–H groups in total. The molecule has 0 aromatic heterocycles. The van der Waals surface area contributed by atoms with E-state index in [0.717, 1.165) is 22.3 Å². The molecule has 2 aromatic rings. The van der Waals surface area contributed by atoms with Gasteiger partial charge >= 0.3 is 12.1 Å². The molecule has 0 fully saturated rings. The van der Waals surface area contributed by atoms with Crippen LogP contribution in [-0.2, 0) is 14.3 Å². The zero-order chi connectivity index (χ0) is 24.0. The first-order valence-electron chi connectivity index (χ1n) is 11.5. The van der Waals surface area contributed by atoms with Crippen LogP contribution < -0.4 is 10.6 Å². The van der Waals surface area contributed by atoms with E-state index in [9.17, 15) is 19.5 Å². The summed E-state index contributed by atoms with van der Waals surface area (Å²) in [5, 5.41) is 14.6. The Labute approximate surface area is 194 Å². The lowest BCUT2D eigenvalue weighted by atomic mass is 9.97. The molecular weight excluding hydrogens is 420 g/mol. The molecule has 0 spiro atoms. The van der Waals surface area contributed by atoms with Crippen LogP contribution in [0, 0.1) is 5.92 Å². The molecule has 2 amide bonds. The number of benzene rings is 2. The molecule has 7 heteroatoms. The minimum absolute atomic E-state index is 0.0834. The average Bonchev–Trinajstić information content (AvgIpc) is 3.14. The number of ether oxygens (including phenoxy) is 1. The van der Waals surface area contributed by atoms with Crippen LogP contribution in [0.25, 0.3) is 11.1 Å². The van der Waals surface area contributed by atoms with Gasteiger partial charge in [-0.2, -0.15) is 0 Å². The normalized spacial score (nSPS) is 15.0. The number of carbonyl (C=O) groups excluding carboxylic acids is 2. The van der Waals surface area contributed by atoms with Gasteiger partial charge in [0.15, 0.2) is 0 Å². The Bertz CT molecular complexity index is 960. The molecule has 3 atom stereocenters. The van der Waals surface area contributed by atoms with Crippen LogP contribution in [0.2, 0.25) is 0 Å². The Kier molecular flexibility index (Phi) is 8.09. The maximum Gasteiger partial charge on any atom is 0.407 e. The van der Waals surface area contributed by atoms with E-state index in [1.54, 1.807) is 0 Å². The number of carboxylic acids is 1. The fraction of sp³-hybridized carbons (Fsp3) is 0.423. The fourth-order valence-electron chi connectivity index (χ4n) is 4.28. The second-order valence-electron chi connectivity index (χ2n) is 8.52. The predicted molar refractivity (Wildman–Crippen MR) is 126 cm³/mol. The molecule has 2 aromatic carbocycles. The topological polar surface area (TPSA) is 105 Å². The maximum absolute atomic E-state index is 12.8. The molecule has 0 unspecified atom stereocenters. The van der Waals surface area contributed by atoms with Crippen molar-refractivity contribution in [2.75, 3.05) is 6.61 Å². The molecular formula is C26H32N2O5. The highest BCUT2D eigenvalue weighted by Crippen LogP contribution is 2.44. The lowest BCUT2D eigenvalue weighted by Gasteiger charge is -2.25. The van der Waals surface area contributed by atoms with Gasteiger partial charge in [-0.15, -0.1) is 0 Å². The van der Waals surface area contributed by atoms with Crippen LogP contribution in [0.1, 0.15) is 57.1 Å². The molecule has 1 aliphatic carbocycles. The summed E-state index contributed by atoms with van der Waals surface area (Å²) in [5.74, 6) is -1.88. The number of nitrogens with one attached hydrogen (secondary N) is 2. The molecule has 0 heterocycles. The Morgan fingerprint density at radius 3 is 2.06 bits per heavy atom. The predicted octanol–water partition coefficient (Wildman–Crippen LogP) is 4.31. The lowest BCUT2D eigenvalue weighted by molar-refractivity contribution is -0.142. The molecule has 0 saturated carbocycles. The quantitative estimate of drug-likeness (QED) is 0.498. The van der Waals surface area contributed by atoms with E-state index in [4.69, 9.17) is 4.74 Å². The summed E-state index contributed by atoms with van der Waals surface area (Å²) in [6, 6.07) is 14.2. The molecule has 0 bridgehead atoms. The summed E-state index contributed by atoms with van der Waals surface area (Å²) >= 11 is 0. The zero-order valence-corrected chi connectivity index (χ0v) is 19.3. The van der Waals surface area contributed by atoms with Crippen molar-refractivity contribution in [3.8, 4) is 11.1 Å². The van der Waals surface area contributed by atoms with E-state index in [1.165, 1.54) is 0 Å². The summed E-state index contributed by atoms with van der Waals surface area (Å²) in [4.78, 5) is 36.9. The van der Waals surface area contributed by atoms with Gasteiger partial charge in [0.05, 0.1) is 0 Å². The van der Waals surface area contributed by atoms with E-state index in [-0.39, 0.29) is 18.4 Å². The van der Waals surface area contributed by atoms with Crippen LogP contribution >= 0.6 is 0 Å². The zero-order valence-electron chi connectivity index (χ0n) is 19.3. The smallest absolute Gasteiger partial charge is 0.407 e. The van der Waals surface area contributed by atoms with Gasteiger partial charge in [0.25, 0.3) is 0 Å². The molecule has 7 nitrogen and oxygen atoms in total. The number of rotatable bonds is 10. The first-order valence-corrected chi connectivity index (χ1v) is 11.5. The Balaban J connectivity index is 1.68. The van der Waals surface area contributed by atoms with Crippen molar-refractivity contribution in [3.63, 3.8) is 0 Å². The summed E-state index contributed by atoms with van der Waals surface area (Å²) < 4.78 is 5.57. The summed E-state index contributed by atoms with van der Waals surface area (Å²) in [5.41, 5.74) is 4.47. The first-order chi connectivity index (χ1) is 15.9. The van der Waals surface area contributed by atoms with Crippen molar-refractivity contribution >= 4 is 18.0 Å². The standard InChI is InChI=1S/C26H32N2O5/c1-4-10-22(25(30)31)27-24(29)23(16(3)5-2)28-26(32)33-15-21-19-13-8-6-11-17(19)18-12-7-9-14-20(18)21/h6-9,11-14,16,21-23H,4-5,10,15H2,1-3H3,(H,27,29)(H,28,32)(H,30,31)/t16-,22+,23-/m0/s1. The highest BCUT2D eigenvalue weighted by molar-refractivity contribution is 5.89. The minimum atomic E-state index is -1.09. The maximum atomic E-state index is 12.8. The molecule has 176 valence electrons. The van der Waals surface area contributed by atoms with E-state index in [2.05, 4.69) is 22.8 Å². The van der Waals surface area contributed by atoms with Crippen LogP contribution in [0.4, 0.5) is 4.79 Å². The summed E-state index contributed by atoms with van der Waals surface area (Å²) in [6.07, 6.45) is 0.872. The fourth-order valence-corrected chi connectivity index (χ4v) is 4.28. The Morgan fingerprint density at radius 1 is 0.970 bits per heavy atom. The lowest BCUT2D eigenvalue weighted by Crippen LogP contribution is -2.54. The number of alkyl carbamates (subject to hydrolysis) is 1.